The van der Waals surface area contributed by atoms with E-state index in [2.05, 4.69) is 0 Å². The summed E-state index contributed by atoms with van der Waals surface area (Å²) in [6.45, 7) is 0.387. The molecule has 0 N–H and O–H groups in total. The fourth-order valence-corrected chi connectivity index (χ4v) is 3.34. The molecule has 0 saturated heterocycles. The van der Waals surface area contributed by atoms with Gasteiger partial charge >= 0.3 is 7.73 Å². The zero-order valence-electron chi connectivity index (χ0n) is 10.8. The zero-order valence-corrected chi connectivity index (χ0v) is 12.4. The number of rotatable bonds is 4. The van der Waals surface area contributed by atoms with E-state index in [9.17, 15) is 9.36 Å². The number of halogens is 1. The molecule has 1 atom stereocenters. The molecule has 0 spiro atoms. The molecule has 1 aromatic carbocycles. The first-order valence-corrected chi connectivity index (χ1v) is 7.56. The Kier molecular flexibility index (Phi) is 4.27. The van der Waals surface area contributed by atoms with E-state index in [0.717, 1.165) is 0 Å². The molecule has 1 aromatic heterocycles. The van der Waals surface area contributed by atoms with E-state index in [0.29, 0.717) is 35.5 Å². The summed E-state index contributed by atoms with van der Waals surface area (Å²) < 4.78 is 20.4. The van der Waals surface area contributed by atoms with Crippen LogP contribution in [0.25, 0.3) is 10.9 Å². The van der Waals surface area contributed by atoms with E-state index in [1.54, 1.807) is 36.7 Å². The normalized spacial score (nSPS) is 11.8. The summed E-state index contributed by atoms with van der Waals surface area (Å²) in [5.74, 6) is 1.04. The second-order valence-corrected chi connectivity index (χ2v) is 6.10. The second kappa shape index (κ2) is 5.76. The molecule has 0 aliphatic carbocycles. The fraction of sp³-hybridized carbons (Fsp3) is 0.417. The topological polar surface area (TPSA) is 53.2 Å². The monoisotopic (exact) mass is 301 g/mol. The average Bonchev–Trinajstić information content (AvgIpc) is 2.44. The van der Waals surface area contributed by atoms with Crippen LogP contribution in [0.1, 0.15) is 6.42 Å². The maximum Gasteiger partial charge on any atom is 0.598 e. The third kappa shape index (κ3) is 2.53. The smallest absolute Gasteiger partial charge is 0.497 e. The highest BCUT2D eigenvalue weighted by molar-refractivity contribution is 7.28. The number of nitrogens with zero attached hydrogens (tertiary/aromatic N) is 2. The summed E-state index contributed by atoms with van der Waals surface area (Å²) in [7, 11) is 1.36. The Labute approximate surface area is 116 Å². The van der Waals surface area contributed by atoms with Gasteiger partial charge in [-0.25, -0.2) is 0 Å². The van der Waals surface area contributed by atoms with Gasteiger partial charge in [-0.05, 0) is 29.2 Å². The van der Waals surface area contributed by atoms with Crippen molar-refractivity contribution in [2.24, 2.45) is 7.05 Å². The minimum Gasteiger partial charge on any atom is -0.497 e. The van der Waals surface area contributed by atoms with Gasteiger partial charge in [0.1, 0.15) is 5.75 Å². The van der Waals surface area contributed by atoms with Crippen LogP contribution in [0.3, 0.4) is 0 Å². The molecular formula is C12H15ClN2O3P+. The predicted octanol–water partition coefficient (Wildman–Crippen LogP) is 2.72. The third-order valence-electron chi connectivity index (χ3n) is 2.98. The molecule has 7 heteroatoms. The van der Waals surface area contributed by atoms with Gasteiger partial charge in [-0.3, -0.25) is 4.79 Å². The van der Waals surface area contributed by atoms with E-state index >= 15 is 0 Å². The Balaban J connectivity index is 2.77. The number of aryl methyl sites for hydroxylation is 1. The first-order valence-electron chi connectivity index (χ1n) is 5.87. The van der Waals surface area contributed by atoms with Crippen LogP contribution in [0, 0.1) is 0 Å². The molecule has 0 aliphatic rings. The molecule has 5 nitrogen and oxygen atoms in total. The zero-order chi connectivity index (χ0) is 14.0. The Bertz CT molecular complexity index is 723. The predicted molar refractivity (Wildman–Crippen MR) is 76.7 cm³/mol. The minimum atomic E-state index is -1.90. The maximum absolute atomic E-state index is 12.4. The van der Waals surface area contributed by atoms with Crippen molar-refractivity contribution < 1.29 is 9.30 Å². The molecule has 0 amide bonds. The van der Waals surface area contributed by atoms with Crippen molar-refractivity contribution in [3.8, 4) is 5.75 Å². The fourth-order valence-electron chi connectivity index (χ4n) is 1.96. The van der Waals surface area contributed by atoms with Crippen LogP contribution in [-0.4, -0.2) is 21.6 Å². The van der Waals surface area contributed by atoms with Crippen LogP contribution in [0.5, 0.6) is 5.75 Å². The van der Waals surface area contributed by atoms with Crippen molar-refractivity contribution in [3.63, 3.8) is 0 Å². The lowest BCUT2D eigenvalue weighted by molar-refractivity contribution is 0.415. The quantitative estimate of drug-likeness (QED) is 0.816. The van der Waals surface area contributed by atoms with Crippen molar-refractivity contribution in [2.75, 3.05) is 13.0 Å². The molecule has 2 aromatic rings. The molecule has 0 aliphatic heterocycles. The first kappa shape index (κ1) is 14.1. The molecule has 102 valence electrons. The Morgan fingerprint density at radius 1 is 1.42 bits per heavy atom. The summed E-state index contributed by atoms with van der Waals surface area (Å²) in [5.41, 5.74) is 0.423. The van der Waals surface area contributed by atoms with Crippen molar-refractivity contribution >= 4 is 30.2 Å². The Morgan fingerprint density at radius 3 is 2.79 bits per heavy atom. The van der Waals surface area contributed by atoms with E-state index in [4.69, 9.17) is 16.3 Å². The third-order valence-corrected chi connectivity index (χ3v) is 4.77. The summed E-state index contributed by atoms with van der Waals surface area (Å²) in [6, 6.07) is 5.17. The molecule has 19 heavy (non-hydrogen) atoms. The van der Waals surface area contributed by atoms with E-state index in [1.807, 2.05) is 0 Å². The van der Waals surface area contributed by atoms with Crippen molar-refractivity contribution in [3.05, 3.63) is 28.6 Å². The SMILES string of the molecule is COc1ccc2c(c1)c(=O)n(CCCCl)[p+](=O)n2C. The molecule has 0 radical (unpaired) electrons. The number of methoxy groups -OCH3 is 1. The second-order valence-electron chi connectivity index (χ2n) is 4.13. The van der Waals surface area contributed by atoms with Gasteiger partial charge in [0.25, 0.3) is 5.56 Å². The van der Waals surface area contributed by atoms with Crippen LogP contribution >= 0.6 is 19.3 Å². The number of benzene rings is 1. The van der Waals surface area contributed by atoms with Gasteiger partial charge in [-0.2, -0.15) is 0 Å². The van der Waals surface area contributed by atoms with Gasteiger partial charge in [-0.15, -0.1) is 20.3 Å². The summed E-state index contributed by atoms with van der Waals surface area (Å²) in [6.07, 6.45) is 0.613. The maximum atomic E-state index is 12.4. The number of ether oxygens (including phenoxy) is 1. The van der Waals surface area contributed by atoms with Crippen LogP contribution in [0.4, 0.5) is 0 Å². The average molecular weight is 302 g/mol. The number of fused-ring (bicyclic) bond motifs is 1. The summed E-state index contributed by atoms with van der Waals surface area (Å²) in [5, 5.41) is 0.506. The number of aromatic nitrogens is 2. The van der Waals surface area contributed by atoms with Gasteiger partial charge in [0.05, 0.1) is 31.6 Å². The van der Waals surface area contributed by atoms with Crippen molar-refractivity contribution in [1.29, 1.82) is 0 Å². The lowest BCUT2D eigenvalue weighted by atomic mass is 10.2. The van der Waals surface area contributed by atoms with Gasteiger partial charge in [-0.1, -0.05) is 0 Å². The van der Waals surface area contributed by atoms with Crippen LogP contribution < -0.4 is 10.3 Å². The number of alkyl halides is 1. The largest absolute Gasteiger partial charge is 0.598 e. The van der Waals surface area contributed by atoms with Crippen molar-refractivity contribution in [1.82, 2.24) is 8.66 Å². The molecule has 0 fully saturated rings. The van der Waals surface area contributed by atoms with E-state index in [1.165, 1.54) is 4.33 Å². The van der Waals surface area contributed by atoms with Gasteiger partial charge in [0, 0.05) is 5.88 Å². The Hall–Kier alpha value is -1.32. The summed E-state index contributed by atoms with van der Waals surface area (Å²) in [4.78, 5) is 12.4. The molecular weight excluding hydrogens is 287 g/mol. The van der Waals surface area contributed by atoms with Crippen molar-refractivity contribution in [2.45, 2.75) is 13.0 Å². The standard InChI is InChI=1S/C12H15ClN2O3P/c1-14-11-5-4-9(18-2)8-10(11)12(16)15(19(14)17)7-3-6-13/h4-5,8H,3,6-7H2,1-2H3/q+1. The molecule has 0 bridgehead atoms. The van der Waals surface area contributed by atoms with E-state index in [-0.39, 0.29) is 5.56 Å². The lowest BCUT2D eigenvalue weighted by Gasteiger charge is -2.04. The van der Waals surface area contributed by atoms with Gasteiger partial charge in [0.15, 0.2) is 0 Å². The Morgan fingerprint density at radius 2 is 2.16 bits per heavy atom. The highest BCUT2D eigenvalue weighted by Crippen LogP contribution is 2.22. The van der Waals surface area contributed by atoms with Crippen LogP contribution in [0.2, 0.25) is 0 Å². The van der Waals surface area contributed by atoms with Gasteiger partial charge in [0.2, 0.25) is 0 Å². The van der Waals surface area contributed by atoms with Crippen LogP contribution in [0.15, 0.2) is 23.0 Å². The van der Waals surface area contributed by atoms with Crippen LogP contribution in [-0.2, 0) is 18.2 Å². The lowest BCUT2D eigenvalue weighted by Crippen LogP contribution is -2.20. The number of hydrogen-bond donors (Lipinski definition) is 0. The van der Waals surface area contributed by atoms with E-state index < -0.39 is 7.73 Å². The molecule has 1 heterocycles. The minimum absolute atomic E-state index is 0.238. The molecule has 0 saturated carbocycles. The number of hydrogen-bond acceptors (Lipinski definition) is 3. The summed E-state index contributed by atoms with van der Waals surface area (Å²) >= 11 is 5.63. The first-order chi connectivity index (χ1) is 9.10. The molecule has 2 rings (SSSR count). The highest BCUT2D eigenvalue weighted by atomic mass is 35.5. The van der Waals surface area contributed by atoms with Gasteiger partial charge < -0.3 is 4.74 Å². The highest BCUT2D eigenvalue weighted by Gasteiger charge is 2.20. The molecule has 1 unspecified atom stereocenters.